The molecule has 0 saturated heterocycles. The first kappa shape index (κ1) is 14.6. The van der Waals surface area contributed by atoms with Crippen molar-refractivity contribution in [1.29, 1.82) is 0 Å². The molecule has 114 valence electrons. The van der Waals surface area contributed by atoms with Crippen LogP contribution >= 0.6 is 0 Å². The molecule has 2 aliphatic carbocycles. The van der Waals surface area contributed by atoms with Gasteiger partial charge in [0.05, 0.1) is 0 Å². The highest BCUT2D eigenvalue weighted by atomic mass is 16.4. The summed E-state index contributed by atoms with van der Waals surface area (Å²) in [6.45, 7) is 3.65. The lowest BCUT2D eigenvalue weighted by atomic mass is 9.89. The molecular formula is C18H25NO2. The third kappa shape index (κ3) is 2.38. The number of rotatable bonds is 3. The van der Waals surface area contributed by atoms with Crippen LogP contribution in [0.3, 0.4) is 0 Å². The summed E-state index contributed by atoms with van der Waals surface area (Å²) < 4.78 is 0. The van der Waals surface area contributed by atoms with Gasteiger partial charge in [0.25, 0.3) is 0 Å². The minimum absolute atomic E-state index is 0.378. The summed E-state index contributed by atoms with van der Waals surface area (Å²) in [5.41, 5.74) is 2.13. The molecule has 2 atom stereocenters. The molecular weight excluding hydrogens is 262 g/mol. The number of aliphatic carboxylic acids is 1. The lowest BCUT2D eigenvalue weighted by Gasteiger charge is -2.41. The van der Waals surface area contributed by atoms with Crippen molar-refractivity contribution < 1.29 is 9.90 Å². The summed E-state index contributed by atoms with van der Waals surface area (Å²) in [7, 11) is 2.00. The summed E-state index contributed by atoms with van der Waals surface area (Å²) >= 11 is 0. The molecule has 0 amide bonds. The second kappa shape index (κ2) is 5.13. The van der Waals surface area contributed by atoms with Gasteiger partial charge in [0, 0.05) is 6.04 Å². The van der Waals surface area contributed by atoms with Crippen LogP contribution in [0.25, 0.3) is 0 Å². The van der Waals surface area contributed by atoms with E-state index in [1.165, 1.54) is 24.0 Å². The second-order valence-electron chi connectivity index (χ2n) is 7.24. The van der Waals surface area contributed by atoms with E-state index >= 15 is 0 Å². The number of hydrogen-bond donors (Lipinski definition) is 1. The van der Waals surface area contributed by atoms with Crippen molar-refractivity contribution in [2.75, 3.05) is 7.05 Å². The monoisotopic (exact) mass is 287 g/mol. The highest BCUT2D eigenvalue weighted by Gasteiger charge is 2.46. The maximum atomic E-state index is 11.6. The number of likely N-dealkylation sites (N-methyl/N-ethyl adjacent to an activating group) is 1. The van der Waals surface area contributed by atoms with E-state index < -0.39 is 11.5 Å². The van der Waals surface area contributed by atoms with Crippen LogP contribution in [-0.2, 0) is 17.6 Å². The molecule has 1 saturated carbocycles. The Morgan fingerprint density at radius 2 is 1.62 bits per heavy atom. The number of nitrogens with zero attached hydrogens (tertiary/aromatic N) is 1. The van der Waals surface area contributed by atoms with Crippen LogP contribution in [0.1, 0.15) is 37.8 Å². The van der Waals surface area contributed by atoms with Crippen molar-refractivity contribution in [2.24, 2.45) is 11.8 Å². The van der Waals surface area contributed by atoms with Gasteiger partial charge in [-0.2, -0.15) is 0 Å². The van der Waals surface area contributed by atoms with E-state index in [0.29, 0.717) is 17.9 Å². The fraction of sp³-hybridized carbons (Fsp3) is 0.611. The minimum Gasteiger partial charge on any atom is -0.480 e. The lowest BCUT2D eigenvalue weighted by molar-refractivity contribution is -0.151. The number of carbonyl (C=O) groups is 1. The van der Waals surface area contributed by atoms with Crippen molar-refractivity contribution in [3.05, 3.63) is 35.4 Å². The zero-order chi connectivity index (χ0) is 15.2. The highest BCUT2D eigenvalue weighted by molar-refractivity contribution is 5.77. The summed E-state index contributed by atoms with van der Waals surface area (Å²) in [6.07, 6.45) is 4.64. The molecule has 0 spiro atoms. The van der Waals surface area contributed by atoms with Crippen molar-refractivity contribution in [3.63, 3.8) is 0 Å². The molecule has 1 fully saturated rings. The van der Waals surface area contributed by atoms with E-state index in [9.17, 15) is 9.90 Å². The van der Waals surface area contributed by atoms with Gasteiger partial charge in [-0.3, -0.25) is 9.69 Å². The number of fused-ring (bicyclic) bond motifs is 3. The second-order valence-corrected chi connectivity index (χ2v) is 7.24. The number of hydrogen-bond acceptors (Lipinski definition) is 2. The maximum absolute atomic E-state index is 11.6. The Morgan fingerprint density at radius 1 is 1.14 bits per heavy atom. The van der Waals surface area contributed by atoms with Gasteiger partial charge in [-0.15, -0.1) is 0 Å². The predicted molar refractivity (Wildman–Crippen MR) is 83.3 cm³/mol. The van der Waals surface area contributed by atoms with E-state index in [1.807, 2.05) is 20.9 Å². The van der Waals surface area contributed by atoms with Gasteiger partial charge in [0.1, 0.15) is 5.54 Å². The molecule has 21 heavy (non-hydrogen) atoms. The normalized spacial score (nSPS) is 28.3. The molecule has 2 bridgehead atoms. The molecule has 3 heteroatoms. The zero-order valence-electron chi connectivity index (χ0n) is 13.2. The predicted octanol–water partition coefficient (Wildman–Crippen LogP) is 2.98. The Morgan fingerprint density at radius 3 is 2.05 bits per heavy atom. The van der Waals surface area contributed by atoms with Crippen LogP contribution in [0.5, 0.6) is 0 Å². The quantitative estimate of drug-likeness (QED) is 0.929. The first-order valence-electron chi connectivity index (χ1n) is 7.94. The van der Waals surface area contributed by atoms with Crippen LogP contribution in [0.2, 0.25) is 0 Å². The molecule has 0 aromatic heterocycles. The van der Waals surface area contributed by atoms with Gasteiger partial charge >= 0.3 is 5.97 Å². The number of benzene rings is 1. The van der Waals surface area contributed by atoms with Crippen LogP contribution < -0.4 is 0 Å². The topological polar surface area (TPSA) is 40.5 Å². The molecule has 1 N–H and O–H groups in total. The van der Waals surface area contributed by atoms with Gasteiger partial charge in [-0.1, -0.05) is 24.3 Å². The van der Waals surface area contributed by atoms with Crippen molar-refractivity contribution in [1.82, 2.24) is 4.90 Å². The van der Waals surface area contributed by atoms with Gasteiger partial charge < -0.3 is 5.11 Å². The average molecular weight is 287 g/mol. The molecule has 2 aliphatic rings. The largest absolute Gasteiger partial charge is 0.480 e. The molecule has 2 unspecified atom stereocenters. The van der Waals surface area contributed by atoms with Crippen molar-refractivity contribution in [3.8, 4) is 0 Å². The molecule has 0 radical (unpaired) electrons. The Hall–Kier alpha value is -1.35. The summed E-state index contributed by atoms with van der Waals surface area (Å²) in [4.78, 5) is 13.7. The fourth-order valence-electron chi connectivity index (χ4n) is 4.28. The molecule has 1 aromatic rings. The van der Waals surface area contributed by atoms with E-state index in [2.05, 4.69) is 29.2 Å². The Balaban J connectivity index is 1.91. The number of carboxylic acid groups (broad SMARTS) is 1. The van der Waals surface area contributed by atoms with Crippen LogP contribution in [0.15, 0.2) is 24.3 Å². The molecule has 3 rings (SSSR count). The van der Waals surface area contributed by atoms with Gasteiger partial charge in [-0.25, -0.2) is 0 Å². The third-order valence-electron chi connectivity index (χ3n) is 5.81. The highest BCUT2D eigenvalue weighted by Crippen LogP contribution is 2.43. The summed E-state index contributed by atoms with van der Waals surface area (Å²) in [5.74, 6) is 0.440. The van der Waals surface area contributed by atoms with Crippen LogP contribution in [0, 0.1) is 11.8 Å². The average Bonchev–Trinajstić information content (AvgIpc) is 2.72. The van der Waals surface area contributed by atoms with Gasteiger partial charge in [-0.05, 0) is 69.5 Å². The zero-order valence-corrected chi connectivity index (χ0v) is 13.2. The smallest absolute Gasteiger partial charge is 0.323 e. The Bertz CT molecular complexity index is 519. The van der Waals surface area contributed by atoms with Crippen LogP contribution in [0.4, 0.5) is 0 Å². The van der Waals surface area contributed by atoms with Crippen LogP contribution in [-0.4, -0.2) is 34.6 Å². The van der Waals surface area contributed by atoms with Crippen molar-refractivity contribution in [2.45, 2.75) is 51.1 Å². The fourth-order valence-corrected chi connectivity index (χ4v) is 4.28. The minimum atomic E-state index is -0.804. The van der Waals surface area contributed by atoms with E-state index in [0.717, 1.165) is 12.8 Å². The Labute approximate surface area is 127 Å². The van der Waals surface area contributed by atoms with Crippen molar-refractivity contribution >= 4 is 5.97 Å². The first-order valence-corrected chi connectivity index (χ1v) is 7.94. The molecule has 0 heterocycles. The van der Waals surface area contributed by atoms with Gasteiger partial charge in [0.15, 0.2) is 0 Å². The first-order chi connectivity index (χ1) is 9.91. The SMILES string of the molecule is CN(C1C2CCC1Cc1ccccc1C2)C(C)(C)C(=O)O. The molecule has 0 aliphatic heterocycles. The summed E-state index contributed by atoms with van der Waals surface area (Å²) in [5, 5.41) is 9.54. The summed E-state index contributed by atoms with van der Waals surface area (Å²) in [6, 6.07) is 9.11. The van der Waals surface area contributed by atoms with E-state index in [1.54, 1.807) is 0 Å². The lowest BCUT2D eigenvalue weighted by Crippen LogP contribution is -2.55. The maximum Gasteiger partial charge on any atom is 0.323 e. The molecule has 1 aromatic carbocycles. The van der Waals surface area contributed by atoms with E-state index in [-0.39, 0.29) is 0 Å². The molecule has 3 nitrogen and oxygen atoms in total. The number of carboxylic acids is 1. The van der Waals surface area contributed by atoms with Gasteiger partial charge in [0.2, 0.25) is 0 Å². The Kier molecular flexibility index (Phi) is 3.56. The van der Waals surface area contributed by atoms with E-state index in [4.69, 9.17) is 0 Å². The standard InChI is InChI=1S/C18H25NO2/c1-18(2,17(20)21)19(3)16-14-8-9-15(16)11-13-7-5-4-6-12(13)10-14/h4-7,14-16H,8-11H2,1-3H3,(H,20,21). The third-order valence-corrected chi connectivity index (χ3v) is 5.81.